The van der Waals surface area contributed by atoms with Crippen LogP contribution in [0.2, 0.25) is 0 Å². The summed E-state index contributed by atoms with van der Waals surface area (Å²) in [6, 6.07) is 7.31. The molecule has 7 heteroatoms. The molecule has 0 radical (unpaired) electrons. The Labute approximate surface area is 136 Å². The third-order valence-corrected chi connectivity index (χ3v) is 3.17. The van der Waals surface area contributed by atoms with Crippen molar-refractivity contribution in [3.8, 4) is 5.75 Å². The summed E-state index contributed by atoms with van der Waals surface area (Å²) in [6.07, 6.45) is 0.701. The van der Waals surface area contributed by atoms with E-state index in [0.717, 1.165) is 11.6 Å². The second kappa shape index (κ2) is 7.71. The first-order valence-corrected chi connectivity index (χ1v) is 7.79. The SMILES string of the molecule is CC(C)Oc1ccc(C(=O)NCCc2nnnn2C(C)C)cc1. The summed E-state index contributed by atoms with van der Waals surface area (Å²) < 4.78 is 7.31. The van der Waals surface area contributed by atoms with Gasteiger partial charge in [-0.15, -0.1) is 5.10 Å². The number of nitrogens with one attached hydrogen (secondary N) is 1. The fraction of sp³-hybridized carbons (Fsp3) is 0.500. The number of hydrogen-bond acceptors (Lipinski definition) is 5. The van der Waals surface area contributed by atoms with E-state index in [-0.39, 0.29) is 18.1 Å². The van der Waals surface area contributed by atoms with E-state index < -0.39 is 0 Å². The van der Waals surface area contributed by atoms with Gasteiger partial charge >= 0.3 is 0 Å². The molecule has 1 aromatic heterocycles. The third-order valence-electron chi connectivity index (χ3n) is 3.17. The van der Waals surface area contributed by atoms with Gasteiger partial charge in [0.15, 0.2) is 5.82 Å². The third kappa shape index (κ3) is 4.77. The van der Waals surface area contributed by atoms with Crippen LogP contribution >= 0.6 is 0 Å². The maximum atomic E-state index is 12.1. The van der Waals surface area contributed by atoms with Gasteiger partial charge in [-0.3, -0.25) is 4.79 Å². The highest BCUT2D eigenvalue weighted by Gasteiger charge is 2.10. The molecular weight excluding hydrogens is 294 g/mol. The number of carbonyl (C=O) groups is 1. The number of benzene rings is 1. The van der Waals surface area contributed by atoms with Crippen molar-refractivity contribution < 1.29 is 9.53 Å². The molecule has 1 heterocycles. The summed E-state index contributed by atoms with van der Waals surface area (Å²) in [4.78, 5) is 12.1. The van der Waals surface area contributed by atoms with E-state index in [1.807, 2.05) is 27.7 Å². The summed E-state index contributed by atoms with van der Waals surface area (Å²) in [5.74, 6) is 1.40. The summed E-state index contributed by atoms with van der Waals surface area (Å²) >= 11 is 0. The van der Waals surface area contributed by atoms with Crippen LogP contribution in [0.25, 0.3) is 0 Å². The minimum absolute atomic E-state index is 0.113. The van der Waals surface area contributed by atoms with Gasteiger partial charge < -0.3 is 10.1 Å². The van der Waals surface area contributed by atoms with Gasteiger partial charge in [-0.25, -0.2) is 4.68 Å². The Morgan fingerprint density at radius 1 is 1.22 bits per heavy atom. The molecule has 0 aliphatic carbocycles. The van der Waals surface area contributed by atoms with Crippen molar-refractivity contribution in [1.82, 2.24) is 25.5 Å². The number of rotatable bonds is 7. The average molecular weight is 317 g/mol. The Bertz CT molecular complexity index is 634. The van der Waals surface area contributed by atoms with Crippen LogP contribution in [0.1, 0.15) is 49.9 Å². The Morgan fingerprint density at radius 3 is 2.52 bits per heavy atom. The maximum Gasteiger partial charge on any atom is 0.251 e. The number of tetrazole rings is 1. The Balaban J connectivity index is 1.86. The second-order valence-corrected chi connectivity index (χ2v) is 5.83. The van der Waals surface area contributed by atoms with Crippen LogP contribution in [-0.2, 0) is 6.42 Å². The van der Waals surface area contributed by atoms with Crippen molar-refractivity contribution in [1.29, 1.82) is 0 Å². The van der Waals surface area contributed by atoms with Crippen molar-refractivity contribution in [2.45, 2.75) is 46.3 Å². The Kier molecular flexibility index (Phi) is 5.67. The lowest BCUT2D eigenvalue weighted by molar-refractivity contribution is 0.0954. The lowest BCUT2D eigenvalue weighted by atomic mass is 10.2. The number of aromatic nitrogens is 4. The van der Waals surface area contributed by atoms with Gasteiger partial charge in [-0.2, -0.15) is 0 Å². The molecule has 2 aromatic rings. The quantitative estimate of drug-likeness (QED) is 0.845. The Hall–Kier alpha value is -2.44. The molecule has 124 valence electrons. The summed E-state index contributed by atoms with van der Waals surface area (Å²) in [6.45, 7) is 8.44. The molecule has 0 aliphatic rings. The molecule has 0 saturated carbocycles. The standard InChI is InChI=1S/C16H23N5O2/c1-11(2)21-15(18-19-20-21)9-10-17-16(22)13-5-7-14(8-6-13)23-12(3)4/h5-8,11-12H,9-10H2,1-4H3,(H,17,22). The van der Waals surface area contributed by atoms with Crippen LogP contribution in [0.15, 0.2) is 24.3 Å². The zero-order valence-corrected chi connectivity index (χ0v) is 14.0. The van der Waals surface area contributed by atoms with Gasteiger partial charge in [0.05, 0.1) is 12.1 Å². The normalized spacial score (nSPS) is 11.0. The van der Waals surface area contributed by atoms with Gasteiger partial charge in [0.2, 0.25) is 0 Å². The summed E-state index contributed by atoms with van der Waals surface area (Å²) in [5.41, 5.74) is 0.601. The smallest absolute Gasteiger partial charge is 0.251 e. The molecule has 0 fully saturated rings. The van der Waals surface area contributed by atoms with Crippen molar-refractivity contribution in [2.24, 2.45) is 0 Å². The maximum absolute atomic E-state index is 12.1. The minimum Gasteiger partial charge on any atom is -0.491 e. The molecule has 2 rings (SSSR count). The molecule has 1 amide bonds. The van der Waals surface area contributed by atoms with E-state index in [0.29, 0.717) is 18.5 Å². The van der Waals surface area contributed by atoms with E-state index in [2.05, 4.69) is 20.8 Å². The predicted molar refractivity (Wildman–Crippen MR) is 86.4 cm³/mol. The van der Waals surface area contributed by atoms with E-state index in [9.17, 15) is 4.79 Å². The van der Waals surface area contributed by atoms with Gasteiger partial charge in [0.1, 0.15) is 5.75 Å². The van der Waals surface area contributed by atoms with Crippen molar-refractivity contribution in [3.05, 3.63) is 35.7 Å². The van der Waals surface area contributed by atoms with Crippen LogP contribution in [-0.4, -0.2) is 38.8 Å². The van der Waals surface area contributed by atoms with E-state index in [1.165, 1.54) is 0 Å². The molecule has 0 spiro atoms. The molecule has 0 aliphatic heterocycles. The molecule has 0 bridgehead atoms. The molecule has 0 unspecified atom stereocenters. The fourth-order valence-electron chi connectivity index (χ4n) is 2.12. The van der Waals surface area contributed by atoms with Crippen LogP contribution < -0.4 is 10.1 Å². The first-order valence-electron chi connectivity index (χ1n) is 7.79. The number of nitrogens with zero attached hydrogens (tertiary/aromatic N) is 4. The first-order chi connectivity index (χ1) is 11.0. The van der Waals surface area contributed by atoms with Gasteiger partial charge in [0, 0.05) is 18.5 Å². The second-order valence-electron chi connectivity index (χ2n) is 5.83. The lowest BCUT2D eigenvalue weighted by Gasteiger charge is -2.10. The molecule has 0 saturated heterocycles. The number of amides is 1. The van der Waals surface area contributed by atoms with E-state index in [4.69, 9.17) is 4.74 Å². The van der Waals surface area contributed by atoms with E-state index >= 15 is 0 Å². The van der Waals surface area contributed by atoms with Crippen LogP contribution in [0.4, 0.5) is 0 Å². The van der Waals surface area contributed by atoms with Crippen molar-refractivity contribution in [2.75, 3.05) is 6.54 Å². The van der Waals surface area contributed by atoms with Crippen LogP contribution in [0.3, 0.4) is 0 Å². The highest BCUT2D eigenvalue weighted by molar-refractivity contribution is 5.94. The molecule has 23 heavy (non-hydrogen) atoms. The highest BCUT2D eigenvalue weighted by atomic mass is 16.5. The van der Waals surface area contributed by atoms with Gasteiger partial charge in [0.25, 0.3) is 5.91 Å². The molecular formula is C16H23N5O2. The minimum atomic E-state index is -0.121. The zero-order chi connectivity index (χ0) is 16.8. The first kappa shape index (κ1) is 16.9. The van der Waals surface area contributed by atoms with Crippen LogP contribution in [0.5, 0.6) is 5.75 Å². The number of ether oxygens (including phenoxy) is 1. The Morgan fingerprint density at radius 2 is 1.91 bits per heavy atom. The number of carbonyl (C=O) groups excluding carboxylic acids is 1. The molecule has 1 aromatic carbocycles. The van der Waals surface area contributed by atoms with Gasteiger partial charge in [-0.05, 0) is 62.4 Å². The molecule has 0 atom stereocenters. The topological polar surface area (TPSA) is 81.9 Å². The van der Waals surface area contributed by atoms with Crippen molar-refractivity contribution >= 4 is 5.91 Å². The van der Waals surface area contributed by atoms with E-state index in [1.54, 1.807) is 28.9 Å². The summed E-state index contributed by atoms with van der Waals surface area (Å²) in [5, 5.41) is 14.5. The average Bonchev–Trinajstić information content (AvgIpc) is 2.96. The fourth-order valence-corrected chi connectivity index (χ4v) is 2.12. The zero-order valence-electron chi connectivity index (χ0n) is 14.0. The largest absolute Gasteiger partial charge is 0.491 e. The monoisotopic (exact) mass is 317 g/mol. The predicted octanol–water partition coefficient (Wildman–Crippen LogP) is 2.01. The highest BCUT2D eigenvalue weighted by Crippen LogP contribution is 2.13. The lowest BCUT2D eigenvalue weighted by Crippen LogP contribution is -2.26. The summed E-state index contributed by atoms with van der Waals surface area (Å²) in [7, 11) is 0. The van der Waals surface area contributed by atoms with Gasteiger partial charge in [-0.1, -0.05) is 0 Å². The van der Waals surface area contributed by atoms with Crippen LogP contribution in [0, 0.1) is 0 Å². The molecule has 1 N–H and O–H groups in total. The number of hydrogen-bond donors (Lipinski definition) is 1. The molecule has 7 nitrogen and oxygen atoms in total. The van der Waals surface area contributed by atoms with Crippen molar-refractivity contribution in [3.63, 3.8) is 0 Å².